The van der Waals surface area contributed by atoms with Crippen molar-refractivity contribution in [1.29, 1.82) is 0 Å². The van der Waals surface area contributed by atoms with E-state index in [-0.39, 0.29) is 11.9 Å². The van der Waals surface area contributed by atoms with Crippen molar-refractivity contribution in [3.63, 3.8) is 0 Å². The first-order chi connectivity index (χ1) is 9.13. The van der Waals surface area contributed by atoms with Crippen LogP contribution >= 0.6 is 0 Å². The molecule has 0 bridgehead atoms. The third kappa shape index (κ3) is 4.34. The number of halogens is 1. The van der Waals surface area contributed by atoms with Crippen molar-refractivity contribution in [3.05, 3.63) is 59.7 Å². The minimum Gasteiger partial charge on any atom is -0.489 e. The van der Waals surface area contributed by atoms with Crippen molar-refractivity contribution in [2.45, 2.75) is 26.0 Å². The number of aromatic nitrogens is 1. The quantitative estimate of drug-likeness (QED) is 0.899. The Morgan fingerprint density at radius 2 is 2.16 bits per heavy atom. The second-order valence-electron chi connectivity index (χ2n) is 4.63. The molecule has 0 aliphatic rings. The van der Waals surface area contributed by atoms with Gasteiger partial charge in [0.25, 0.3) is 0 Å². The highest BCUT2D eigenvalue weighted by Gasteiger charge is 2.04. The van der Waals surface area contributed by atoms with E-state index < -0.39 is 0 Å². The van der Waals surface area contributed by atoms with Crippen molar-refractivity contribution in [2.75, 3.05) is 0 Å². The molecule has 0 amide bonds. The van der Waals surface area contributed by atoms with Crippen molar-refractivity contribution in [3.8, 4) is 5.75 Å². The van der Waals surface area contributed by atoms with Gasteiger partial charge >= 0.3 is 0 Å². The fraction of sp³-hybridized carbons (Fsp3) is 0.267. The molecule has 2 aromatic rings. The Kier molecular flexibility index (Phi) is 4.47. The van der Waals surface area contributed by atoms with Crippen LogP contribution in [0.2, 0.25) is 0 Å². The molecular formula is C15H17FN2O. The average Bonchev–Trinajstić information content (AvgIpc) is 2.36. The number of rotatable bonds is 5. The maximum Gasteiger partial charge on any atom is 0.127 e. The second-order valence-corrected chi connectivity index (χ2v) is 4.63. The van der Waals surface area contributed by atoms with Gasteiger partial charge in [-0.1, -0.05) is 6.07 Å². The van der Waals surface area contributed by atoms with Gasteiger partial charge in [0.1, 0.15) is 18.2 Å². The Morgan fingerprint density at radius 3 is 2.84 bits per heavy atom. The monoisotopic (exact) mass is 260 g/mol. The highest BCUT2D eigenvalue weighted by molar-refractivity contribution is 5.30. The molecule has 0 fully saturated rings. The molecule has 1 heterocycles. The van der Waals surface area contributed by atoms with E-state index in [0.29, 0.717) is 18.8 Å². The summed E-state index contributed by atoms with van der Waals surface area (Å²) in [5, 5.41) is 0. The molecule has 2 N–H and O–H groups in total. The average molecular weight is 260 g/mol. The van der Waals surface area contributed by atoms with Gasteiger partial charge in [-0.15, -0.1) is 0 Å². The van der Waals surface area contributed by atoms with Crippen LogP contribution in [0.1, 0.15) is 18.1 Å². The zero-order valence-electron chi connectivity index (χ0n) is 10.8. The Bertz CT molecular complexity index is 529. The van der Waals surface area contributed by atoms with Crippen LogP contribution in [0.5, 0.6) is 5.75 Å². The third-order valence-corrected chi connectivity index (χ3v) is 2.62. The normalized spacial score (nSPS) is 12.2. The van der Waals surface area contributed by atoms with E-state index in [1.54, 1.807) is 12.4 Å². The van der Waals surface area contributed by atoms with Crippen molar-refractivity contribution in [1.82, 2.24) is 4.98 Å². The molecule has 4 heteroatoms. The number of ether oxygens (including phenoxy) is 1. The van der Waals surface area contributed by atoms with E-state index >= 15 is 0 Å². The van der Waals surface area contributed by atoms with Crippen molar-refractivity contribution < 1.29 is 9.13 Å². The summed E-state index contributed by atoms with van der Waals surface area (Å²) >= 11 is 0. The highest BCUT2D eigenvalue weighted by atomic mass is 19.1. The summed E-state index contributed by atoms with van der Waals surface area (Å²) in [6.45, 7) is 2.26. The predicted octanol–water partition coefficient (Wildman–Crippen LogP) is 2.69. The van der Waals surface area contributed by atoms with Gasteiger partial charge in [-0.2, -0.15) is 0 Å². The summed E-state index contributed by atoms with van der Waals surface area (Å²) < 4.78 is 19.0. The first-order valence-corrected chi connectivity index (χ1v) is 6.20. The van der Waals surface area contributed by atoms with E-state index in [0.717, 1.165) is 11.1 Å². The molecule has 19 heavy (non-hydrogen) atoms. The van der Waals surface area contributed by atoms with Gasteiger partial charge < -0.3 is 10.5 Å². The van der Waals surface area contributed by atoms with Gasteiger partial charge in [-0.3, -0.25) is 4.98 Å². The zero-order valence-corrected chi connectivity index (χ0v) is 10.8. The second kappa shape index (κ2) is 6.29. The van der Waals surface area contributed by atoms with Crippen molar-refractivity contribution in [2.24, 2.45) is 5.73 Å². The molecule has 0 aliphatic carbocycles. The standard InChI is InChI=1S/C15H17FN2O/c1-11(17)5-13-6-14(16)8-15(7-13)19-10-12-3-2-4-18-9-12/h2-4,6-9,11H,5,10,17H2,1H3. The van der Waals surface area contributed by atoms with Crippen LogP contribution in [0.4, 0.5) is 4.39 Å². The van der Waals surface area contributed by atoms with E-state index in [1.165, 1.54) is 12.1 Å². The van der Waals surface area contributed by atoms with E-state index in [9.17, 15) is 4.39 Å². The highest BCUT2D eigenvalue weighted by Crippen LogP contribution is 2.18. The Labute approximate surface area is 112 Å². The number of hydrogen-bond acceptors (Lipinski definition) is 3. The lowest BCUT2D eigenvalue weighted by atomic mass is 10.1. The lowest BCUT2D eigenvalue weighted by Crippen LogP contribution is -2.17. The third-order valence-electron chi connectivity index (χ3n) is 2.62. The molecule has 1 aromatic carbocycles. The summed E-state index contributed by atoms with van der Waals surface area (Å²) in [6.07, 6.45) is 4.05. The van der Waals surface area contributed by atoms with Crippen LogP contribution in [0, 0.1) is 5.82 Å². The summed E-state index contributed by atoms with van der Waals surface area (Å²) in [7, 11) is 0. The number of nitrogens with zero attached hydrogens (tertiary/aromatic N) is 1. The van der Waals surface area contributed by atoms with Gasteiger partial charge in [0.2, 0.25) is 0 Å². The smallest absolute Gasteiger partial charge is 0.127 e. The fourth-order valence-corrected chi connectivity index (χ4v) is 1.84. The Hall–Kier alpha value is -1.94. The largest absolute Gasteiger partial charge is 0.489 e. The van der Waals surface area contributed by atoms with Crippen LogP contribution < -0.4 is 10.5 Å². The number of hydrogen-bond donors (Lipinski definition) is 1. The van der Waals surface area contributed by atoms with E-state index in [2.05, 4.69) is 4.98 Å². The minimum absolute atomic E-state index is 0.00651. The molecule has 0 saturated heterocycles. The van der Waals surface area contributed by atoms with Crippen LogP contribution in [0.15, 0.2) is 42.7 Å². The topological polar surface area (TPSA) is 48.1 Å². The summed E-state index contributed by atoms with van der Waals surface area (Å²) in [6, 6.07) is 8.43. The predicted molar refractivity (Wildman–Crippen MR) is 72.3 cm³/mol. The van der Waals surface area contributed by atoms with E-state index in [4.69, 9.17) is 10.5 Å². The maximum absolute atomic E-state index is 13.5. The van der Waals surface area contributed by atoms with Gasteiger partial charge in [0.15, 0.2) is 0 Å². The Balaban J connectivity index is 2.05. The van der Waals surface area contributed by atoms with Gasteiger partial charge in [0, 0.05) is 30.1 Å². The van der Waals surface area contributed by atoms with Crippen LogP contribution in [-0.4, -0.2) is 11.0 Å². The fourth-order valence-electron chi connectivity index (χ4n) is 1.84. The molecule has 0 saturated carbocycles. The van der Waals surface area contributed by atoms with E-state index in [1.807, 2.05) is 25.1 Å². The van der Waals surface area contributed by atoms with Crippen LogP contribution in [-0.2, 0) is 13.0 Å². The molecule has 0 radical (unpaired) electrons. The van der Waals surface area contributed by atoms with Crippen LogP contribution in [0.3, 0.4) is 0 Å². The van der Waals surface area contributed by atoms with Gasteiger partial charge in [0.05, 0.1) is 0 Å². The van der Waals surface area contributed by atoms with Gasteiger partial charge in [-0.25, -0.2) is 4.39 Å². The molecule has 0 aliphatic heterocycles. The zero-order chi connectivity index (χ0) is 13.7. The number of nitrogens with two attached hydrogens (primary N) is 1. The maximum atomic E-state index is 13.5. The first-order valence-electron chi connectivity index (χ1n) is 6.20. The number of pyridine rings is 1. The summed E-state index contributed by atoms with van der Waals surface area (Å²) in [5.74, 6) is 0.207. The number of benzene rings is 1. The molecular weight excluding hydrogens is 243 g/mol. The molecule has 100 valence electrons. The minimum atomic E-state index is -0.306. The molecule has 3 nitrogen and oxygen atoms in total. The Morgan fingerprint density at radius 1 is 1.32 bits per heavy atom. The first kappa shape index (κ1) is 13.5. The molecule has 0 spiro atoms. The molecule has 1 unspecified atom stereocenters. The SMILES string of the molecule is CC(N)Cc1cc(F)cc(OCc2cccnc2)c1. The lowest BCUT2D eigenvalue weighted by molar-refractivity contribution is 0.303. The van der Waals surface area contributed by atoms with Gasteiger partial charge in [-0.05, 0) is 37.1 Å². The van der Waals surface area contributed by atoms with Crippen LogP contribution in [0.25, 0.3) is 0 Å². The molecule has 1 aromatic heterocycles. The summed E-state index contributed by atoms with van der Waals surface area (Å²) in [4.78, 5) is 4.00. The summed E-state index contributed by atoms with van der Waals surface area (Å²) in [5.41, 5.74) is 7.51. The lowest BCUT2D eigenvalue weighted by Gasteiger charge is -2.10. The molecule has 1 atom stereocenters. The van der Waals surface area contributed by atoms with Crippen molar-refractivity contribution >= 4 is 0 Å². The molecule has 2 rings (SSSR count).